The van der Waals surface area contributed by atoms with Crippen LogP contribution in [0.4, 0.5) is 29.3 Å². The number of ether oxygens (including phenoxy) is 2. The quantitative estimate of drug-likeness (QED) is 0.269. The smallest absolute Gasteiger partial charge is 0.410 e. The van der Waals surface area contributed by atoms with Crippen LogP contribution in [0.3, 0.4) is 0 Å². The van der Waals surface area contributed by atoms with Crippen LogP contribution < -0.4 is 15.4 Å². The second-order valence-electron chi connectivity index (χ2n) is 9.86. The van der Waals surface area contributed by atoms with Crippen molar-refractivity contribution in [3.63, 3.8) is 0 Å². The zero-order valence-corrected chi connectivity index (χ0v) is 22.9. The third-order valence-electron chi connectivity index (χ3n) is 7.18. The van der Waals surface area contributed by atoms with Crippen molar-refractivity contribution in [1.29, 1.82) is 0 Å². The number of carbonyl (C=O) groups excluding carboxylic acids is 2. The highest BCUT2D eigenvalue weighted by Crippen LogP contribution is 2.37. The zero-order chi connectivity index (χ0) is 29.1. The highest BCUT2D eigenvalue weighted by Gasteiger charge is 2.41. The predicted octanol–water partition coefficient (Wildman–Crippen LogP) is 5.74. The van der Waals surface area contributed by atoms with Gasteiger partial charge in [0.2, 0.25) is 0 Å². The highest BCUT2D eigenvalue weighted by atomic mass is 35.5. The van der Waals surface area contributed by atoms with Gasteiger partial charge in [-0.25, -0.2) is 9.48 Å². The molecule has 0 radical (unpaired) electrons. The molecule has 1 aliphatic heterocycles. The molecule has 0 saturated heterocycles. The Kier molecular flexibility index (Phi) is 9.36. The number of amides is 2. The number of halogens is 4. The van der Waals surface area contributed by atoms with Gasteiger partial charge in [0.1, 0.15) is 5.75 Å². The first-order valence-corrected chi connectivity index (χ1v) is 13.0. The summed E-state index contributed by atoms with van der Waals surface area (Å²) in [5.41, 5.74) is 2.51. The first-order valence-electron chi connectivity index (χ1n) is 13.0. The Morgan fingerprint density at radius 2 is 1.71 bits per heavy atom. The zero-order valence-electron chi connectivity index (χ0n) is 22.1. The van der Waals surface area contributed by atoms with Crippen molar-refractivity contribution in [2.75, 3.05) is 11.9 Å². The van der Waals surface area contributed by atoms with E-state index in [4.69, 9.17) is 9.47 Å². The van der Waals surface area contributed by atoms with Crippen LogP contribution in [0.15, 0.2) is 48.5 Å². The third-order valence-corrected chi connectivity index (χ3v) is 7.18. The van der Waals surface area contributed by atoms with Crippen LogP contribution in [-0.2, 0) is 17.8 Å². The molecule has 0 unspecified atom stereocenters. The molecule has 2 N–H and O–H groups in total. The Hall–Kier alpha value is -4.17. The molecule has 0 bridgehead atoms. The van der Waals surface area contributed by atoms with Crippen molar-refractivity contribution in [2.24, 2.45) is 5.92 Å². The number of fused-ring (bicyclic) bond motifs is 1. The van der Waals surface area contributed by atoms with Gasteiger partial charge in [-0.3, -0.25) is 20.2 Å². The van der Waals surface area contributed by atoms with Crippen LogP contribution in [0.25, 0.3) is 5.69 Å². The maximum Gasteiger partial charge on any atom is 0.417 e. The topological polar surface area (TPSA) is 138 Å². The lowest BCUT2D eigenvalue weighted by molar-refractivity contribution is -0.384. The number of alkyl halides is 3. The van der Waals surface area contributed by atoms with E-state index in [1.807, 2.05) is 0 Å². The normalized spacial score (nSPS) is 18.3. The van der Waals surface area contributed by atoms with Gasteiger partial charge < -0.3 is 14.8 Å². The van der Waals surface area contributed by atoms with E-state index in [9.17, 15) is 32.9 Å². The molecule has 11 nitrogen and oxygen atoms in total. The van der Waals surface area contributed by atoms with Crippen LogP contribution >= 0.6 is 12.4 Å². The molecule has 15 heteroatoms. The van der Waals surface area contributed by atoms with Crippen LogP contribution in [0, 0.1) is 16.0 Å². The lowest BCUT2D eigenvalue weighted by Gasteiger charge is -2.30. The summed E-state index contributed by atoms with van der Waals surface area (Å²) >= 11 is 0. The van der Waals surface area contributed by atoms with Gasteiger partial charge in [-0.15, -0.1) is 12.4 Å². The summed E-state index contributed by atoms with van der Waals surface area (Å²) in [7, 11) is 0. The van der Waals surface area contributed by atoms with E-state index in [1.165, 1.54) is 24.3 Å². The van der Waals surface area contributed by atoms with Gasteiger partial charge in [-0.05, 0) is 62.1 Å². The van der Waals surface area contributed by atoms with Crippen molar-refractivity contribution in [3.05, 3.63) is 75.6 Å². The number of rotatable bonds is 6. The molecule has 3 aromatic rings. The fourth-order valence-corrected chi connectivity index (χ4v) is 5.02. The molecule has 0 atom stereocenters. The fourth-order valence-electron chi connectivity index (χ4n) is 5.02. The fraction of sp³-hybridized carbons (Fsp3) is 0.370. The summed E-state index contributed by atoms with van der Waals surface area (Å²) in [5.74, 6) is -1.65. The second kappa shape index (κ2) is 12.8. The van der Waals surface area contributed by atoms with Gasteiger partial charge in [-0.2, -0.15) is 18.3 Å². The van der Waals surface area contributed by atoms with Gasteiger partial charge >= 0.3 is 12.3 Å². The average molecular weight is 610 g/mol. The van der Waals surface area contributed by atoms with Crippen LogP contribution in [-0.4, -0.2) is 45.5 Å². The predicted molar refractivity (Wildman–Crippen MR) is 146 cm³/mol. The summed E-state index contributed by atoms with van der Waals surface area (Å²) in [5, 5.41) is 20.7. The van der Waals surface area contributed by atoms with E-state index < -0.39 is 29.0 Å². The van der Waals surface area contributed by atoms with Crippen LogP contribution in [0.2, 0.25) is 0 Å². The average Bonchev–Trinajstić information content (AvgIpc) is 3.33. The summed E-state index contributed by atoms with van der Waals surface area (Å²) in [6.07, 6.45) is -4.05. The number of nitrogens with zero attached hydrogens (tertiary/aromatic N) is 3. The Labute approximate surface area is 243 Å². The maximum absolute atomic E-state index is 13.1. The van der Waals surface area contributed by atoms with Gasteiger partial charge in [0.15, 0.2) is 5.69 Å². The van der Waals surface area contributed by atoms with Crippen LogP contribution in [0.1, 0.15) is 47.4 Å². The minimum atomic E-state index is -4.22. The summed E-state index contributed by atoms with van der Waals surface area (Å²) in [6.45, 7) is 0.627. The Morgan fingerprint density at radius 1 is 1.05 bits per heavy atom. The monoisotopic (exact) mass is 609 g/mol. The molecule has 2 heterocycles. The standard InChI is InChI=1S/C27H26F3N5O6.ClH/c28-27(29,30)16-1-3-17(4-2-16)31-25(36)24-22-15-40-14-13-23(22)34(33-24)19-7-5-18(6-8-19)32-26(37)41-21-11-9-20(10-12-21)35(38)39;/h5-12,16-17H,1-4,13-15H2,(H,31,36)(H,32,37);1H. The van der Waals surface area contributed by atoms with Crippen molar-refractivity contribution in [2.45, 2.75) is 50.9 Å². The first kappa shape index (κ1) is 30.8. The molecule has 5 rings (SSSR count). The number of nitrogens with one attached hydrogen (secondary N) is 2. The van der Waals surface area contributed by atoms with E-state index in [0.29, 0.717) is 30.0 Å². The van der Waals surface area contributed by atoms with E-state index >= 15 is 0 Å². The minimum absolute atomic E-state index is 0. The molecule has 1 aliphatic carbocycles. The van der Waals surface area contributed by atoms with Crippen molar-refractivity contribution in [1.82, 2.24) is 15.1 Å². The molecule has 224 valence electrons. The lowest BCUT2D eigenvalue weighted by atomic mass is 9.85. The number of nitro benzene ring substituents is 1. The number of carbonyl (C=O) groups is 2. The molecule has 2 aromatic carbocycles. The number of benzene rings is 2. The van der Waals surface area contributed by atoms with Crippen LogP contribution in [0.5, 0.6) is 5.75 Å². The summed E-state index contributed by atoms with van der Waals surface area (Å²) in [6, 6.07) is 11.4. The van der Waals surface area contributed by atoms with E-state index in [1.54, 1.807) is 28.9 Å². The Morgan fingerprint density at radius 3 is 2.33 bits per heavy atom. The molecular weight excluding hydrogens is 583 g/mol. The molecule has 0 spiro atoms. The summed E-state index contributed by atoms with van der Waals surface area (Å²) in [4.78, 5) is 35.6. The number of non-ortho nitro benzene ring substituents is 1. The Balaban J connectivity index is 0.00000405. The molecule has 1 saturated carbocycles. The first-order chi connectivity index (χ1) is 19.6. The van der Waals surface area contributed by atoms with E-state index in [0.717, 1.165) is 5.69 Å². The lowest BCUT2D eigenvalue weighted by Crippen LogP contribution is -2.40. The number of anilines is 1. The molecule has 2 amide bonds. The molecular formula is C27H27ClF3N5O6. The molecule has 42 heavy (non-hydrogen) atoms. The Bertz CT molecular complexity index is 1440. The van der Waals surface area contributed by atoms with Gasteiger partial charge in [0, 0.05) is 35.8 Å². The highest BCUT2D eigenvalue weighted by molar-refractivity contribution is 5.94. The van der Waals surface area contributed by atoms with E-state index in [-0.39, 0.29) is 67.9 Å². The van der Waals surface area contributed by atoms with Gasteiger partial charge in [0.05, 0.1) is 35.4 Å². The number of hydrogen-bond acceptors (Lipinski definition) is 7. The molecule has 2 aliphatic rings. The summed E-state index contributed by atoms with van der Waals surface area (Å²) < 4.78 is 51.3. The number of hydrogen-bond donors (Lipinski definition) is 2. The van der Waals surface area contributed by atoms with Gasteiger partial charge in [-0.1, -0.05) is 0 Å². The number of aromatic nitrogens is 2. The van der Waals surface area contributed by atoms with E-state index in [2.05, 4.69) is 15.7 Å². The third kappa shape index (κ3) is 6.99. The minimum Gasteiger partial charge on any atom is -0.410 e. The molecule has 1 fully saturated rings. The van der Waals surface area contributed by atoms with Crippen molar-refractivity contribution >= 4 is 35.8 Å². The SMILES string of the molecule is Cl.O=C(Nc1ccc(-n2nc(C(=O)NC3CCC(C(F)(F)F)CC3)c3c2CCOC3)cc1)Oc1ccc([N+](=O)[O-])cc1. The second-order valence-corrected chi connectivity index (χ2v) is 9.86. The van der Waals surface area contributed by atoms with Crippen molar-refractivity contribution < 1.29 is 37.2 Å². The number of nitro groups is 1. The van der Waals surface area contributed by atoms with Crippen molar-refractivity contribution in [3.8, 4) is 11.4 Å². The van der Waals surface area contributed by atoms with Gasteiger partial charge in [0.25, 0.3) is 11.6 Å². The largest absolute Gasteiger partial charge is 0.417 e. The molecule has 1 aromatic heterocycles. The maximum atomic E-state index is 13.1.